The Bertz CT molecular complexity index is 1180. The number of hydrogen-bond acceptors (Lipinski definition) is 8. The van der Waals surface area contributed by atoms with Gasteiger partial charge in [0.25, 0.3) is 0 Å². The maximum Gasteiger partial charge on any atom is 0.160 e. The van der Waals surface area contributed by atoms with E-state index in [0.717, 1.165) is 22.3 Å². The summed E-state index contributed by atoms with van der Waals surface area (Å²) in [5, 5.41) is 40.4. The highest BCUT2D eigenvalue weighted by Crippen LogP contribution is 2.48. The third kappa shape index (κ3) is 4.60. The molecule has 4 rings (SSSR count). The van der Waals surface area contributed by atoms with Gasteiger partial charge in [-0.15, -0.1) is 0 Å². The van der Waals surface area contributed by atoms with Crippen molar-refractivity contribution in [2.24, 2.45) is 0 Å². The molecule has 0 saturated carbocycles. The first-order chi connectivity index (χ1) is 16.9. The second kappa shape index (κ2) is 10.4. The van der Waals surface area contributed by atoms with Crippen LogP contribution in [-0.2, 0) is 4.74 Å². The van der Waals surface area contributed by atoms with Crippen LogP contribution in [-0.4, -0.2) is 55.0 Å². The highest BCUT2D eigenvalue weighted by Gasteiger charge is 2.37. The minimum Gasteiger partial charge on any atom is -0.504 e. The molecular formula is C27H30O8. The Balaban J connectivity index is 1.68. The number of methoxy groups -OCH3 is 3. The fraction of sp³-hybridized carbons (Fsp3) is 0.333. The molecule has 1 aliphatic rings. The van der Waals surface area contributed by atoms with Gasteiger partial charge in [0.15, 0.2) is 23.0 Å². The van der Waals surface area contributed by atoms with E-state index in [2.05, 4.69) is 0 Å². The Morgan fingerprint density at radius 1 is 0.829 bits per heavy atom. The molecule has 4 atom stereocenters. The summed E-state index contributed by atoms with van der Waals surface area (Å²) in [6.07, 6.45) is -0.970. The molecule has 186 valence electrons. The van der Waals surface area contributed by atoms with Crippen molar-refractivity contribution in [1.82, 2.24) is 0 Å². The maximum atomic E-state index is 10.3. The van der Waals surface area contributed by atoms with Gasteiger partial charge in [0.2, 0.25) is 0 Å². The summed E-state index contributed by atoms with van der Waals surface area (Å²) >= 11 is 0. The number of aliphatic hydroxyl groups is 2. The molecule has 4 N–H and O–H groups in total. The number of aromatic hydroxyl groups is 2. The zero-order valence-corrected chi connectivity index (χ0v) is 19.8. The van der Waals surface area contributed by atoms with E-state index in [4.69, 9.17) is 18.9 Å². The van der Waals surface area contributed by atoms with Crippen LogP contribution in [0.25, 0.3) is 0 Å². The summed E-state index contributed by atoms with van der Waals surface area (Å²) < 4.78 is 22.5. The molecule has 0 aliphatic carbocycles. The molecule has 0 aromatic heterocycles. The SMILES string of the molecule is COc1cc([C@@H](CO)C(OC)c2ccc3c(c2)C(CO)[C@H](c2ccc(O)c(OC)c2)O3)ccc1O. The fourth-order valence-corrected chi connectivity index (χ4v) is 4.72. The lowest BCUT2D eigenvalue weighted by atomic mass is 9.86. The molecular weight excluding hydrogens is 452 g/mol. The summed E-state index contributed by atoms with van der Waals surface area (Å²) in [5.41, 5.74) is 3.15. The molecule has 1 aliphatic heterocycles. The molecule has 0 bridgehead atoms. The molecule has 3 aromatic rings. The fourth-order valence-electron chi connectivity index (χ4n) is 4.72. The molecule has 0 amide bonds. The number of rotatable bonds is 9. The first-order valence-corrected chi connectivity index (χ1v) is 11.2. The molecule has 2 unspecified atom stereocenters. The summed E-state index contributed by atoms with van der Waals surface area (Å²) in [7, 11) is 4.52. The number of fused-ring (bicyclic) bond motifs is 1. The van der Waals surface area contributed by atoms with Gasteiger partial charge in [-0.25, -0.2) is 0 Å². The van der Waals surface area contributed by atoms with E-state index in [0.29, 0.717) is 17.2 Å². The summed E-state index contributed by atoms with van der Waals surface area (Å²) in [4.78, 5) is 0. The van der Waals surface area contributed by atoms with Gasteiger partial charge in [0, 0.05) is 18.6 Å². The number of benzene rings is 3. The Morgan fingerprint density at radius 2 is 1.49 bits per heavy atom. The minimum absolute atomic E-state index is 0.0132. The first kappa shape index (κ1) is 24.7. The van der Waals surface area contributed by atoms with E-state index in [1.54, 1.807) is 37.4 Å². The van der Waals surface area contributed by atoms with Crippen molar-refractivity contribution in [3.63, 3.8) is 0 Å². The van der Waals surface area contributed by atoms with Gasteiger partial charge in [-0.2, -0.15) is 0 Å². The van der Waals surface area contributed by atoms with E-state index in [1.165, 1.54) is 20.3 Å². The van der Waals surface area contributed by atoms with Crippen molar-refractivity contribution >= 4 is 0 Å². The summed E-state index contributed by atoms with van der Waals surface area (Å²) in [6.45, 7) is -0.347. The van der Waals surface area contributed by atoms with Gasteiger partial charge in [0.1, 0.15) is 11.9 Å². The number of phenols is 2. The first-order valence-electron chi connectivity index (χ1n) is 11.2. The average Bonchev–Trinajstić information content (AvgIpc) is 3.25. The van der Waals surface area contributed by atoms with Gasteiger partial charge in [0.05, 0.1) is 39.5 Å². The van der Waals surface area contributed by atoms with Gasteiger partial charge >= 0.3 is 0 Å². The largest absolute Gasteiger partial charge is 0.504 e. The maximum absolute atomic E-state index is 10.3. The lowest BCUT2D eigenvalue weighted by Gasteiger charge is -2.26. The molecule has 0 saturated heterocycles. The molecule has 0 fully saturated rings. The van der Waals surface area contributed by atoms with E-state index >= 15 is 0 Å². The number of ether oxygens (including phenoxy) is 4. The predicted molar refractivity (Wildman–Crippen MR) is 129 cm³/mol. The lowest BCUT2D eigenvalue weighted by molar-refractivity contribution is 0.0564. The second-order valence-electron chi connectivity index (χ2n) is 8.43. The van der Waals surface area contributed by atoms with Crippen LogP contribution in [0.4, 0.5) is 0 Å². The molecule has 1 heterocycles. The third-order valence-corrected chi connectivity index (χ3v) is 6.56. The van der Waals surface area contributed by atoms with Crippen LogP contribution < -0.4 is 14.2 Å². The van der Waals surface area contributed by atoms with Crippen molar-refractivity contribution in [2.75, 3.05) is 34.5 Å². The van der Waals surface area contributed by atoms with Crippen molar-refractivity contribution in [2.45, 2.75) is 24.0 Å². The normalized spacial score (nSPS) is 18.4. The molecule has 3 aromatic carbocycles. The molecule has 0 radical (unpaired) electrons. The smallest absolute Gasteiger partial charge is 0.160 e. The lowest BCUT2D eigenvalue weighted by Crippen LogP contribution is -2.17. The van der Waals surface area contributed by atoms with Crippen molar-refractivity contribution < 1.29 is 39.4 Å². The van der Waals surface area contributed by atoms with Gasteiger partial charge in [-0.05, 0) is 53.1 Å². The van der Waals surface area contributed by atoms with E-state index in [1.807, 2.05) is 18.2 Å². The Morgan fingerprint density at radius 3 is 2.11 bits per heavy atom. The topological polar surface area (TPSA) is 118 Å². The van der Waals surface area contributed by atoms with E-state index in [9.17, 15) is 20.4 Å². The highest BCUT2D eigenvalue weighted by atomic mass is 16.5. The van der Waals surface area contributed by atoms with Crippen LogP contribution in [0.2, 0.25) is 0 Å². The zero-order chi connectivity index (χ0) is 25.1. The summed E-state index contributed by atoms with van der Waals surface area (Å²) in [6, 6.07) is 15.6. The number of aliphatic hydroxyl groups excluding tert-OH is 2. The molecule has 0 spiro atoms. The second-order valence-corrected chi connectivity index (χ2v) is 8.43. The third-order valence-electron chi connectivity index (χ3n) is 6.56. The monoisotopic (exact) mass is 482 g/mol. The molecule has 8 heteroatoms. The van der Waals surface area contributed by atoms with Gasteiger partial charge in [-0.3, -0.25) is 0 Å². The van der Waals surface area contributed by atoms with Gasteiger partial charge in [-0.1, -0.05) is 18.2 Å². The van der Waals surface area contributed by atoms with Crippen molar-refractivity contribution in [3.8, 4) is 28.7 Å². The van der Waals surface area contributed by atoms with E-state index in [-0.39, 0.29) is 30.6 Å². The van der Waals surface area contributed by atoms with Crippen LogP contribution in [0, 0.1) is 0 Å². The van der Waals surface area contributed by atoms with Crippen LogP contribution in [0.5, 0.6) is 28.7 Å². The van der Waals surface area contributed by atoms with Crippen molar-refractivity contribution in [3.05, 3.63) is 76.9 Å². The highest BCUT2D eigenvalue weighted by molar-refractivity contribution is 5.50. The quantitative estimate of drug-likeness (QED) is 0.364. The van der Waals surface area contributed by atoms with Crippen LogP contribution in [0.15, 0.2) is 54.6 Å². The predicted octanol–water partition coefficient (Wildman–Crippen LogP) is 3.79. The zero-order valence-electron chi connectivity index (χ0n) is 19.8. The Kier molecular flexibility index (Phi) is 7.35. The Hall–Kier alpha value is -3.46. The number of hydrogen-bond donors (Lipinski definition) is 4. The number of phenolic OH excluding ortho intramolecular Hbond substituents is 2. The van der Waals surface area contributed by atoms with Crippen LogP contribution in [0.1, 0.15) is 46.3 Å². The van der Waals surface area contributed by atoms with Crippen LogP contribution >= 0.6 is 0 Å². The van der Waals surface area contributed by atoms with Gasteiger partial charge < -0.3 is 39.4 Å². The van der Waals surface area contributed by atoms with Crippen LogP contribution in [0.3, 0.4) is 0 Å². The average molecular weight is 483 g/mol. The van der Waals surface area contributed by atoms with Crippen molar-refractivity contribution in [1.29, 1.82) is 0 Å². The van der Waals surface area contributed by atoms with E-state index < -0.39 is 18.1 Å². The Labute approximate surface area is 203 Å². The summed E-state index contributed by atoms with van der Waals surface area (Å²) in [5.74, 6) is 0.543. The minimum atomic E-state index is -0.508. The molecule has 35 heavy (non-hydrogen) atoms. The standard InChI is InChI=1S/C27H30O8/c1-32-24-11-15(4-7-21(24)30)19(13-28)26(34-3)16-6-9-23-18(10-16)20(14-29)27(35-23)17-5-8-22(31)25(12-17)33-2/h4-12,19-20,26-31H,13-14H2,1-3H3/t19-,20?,26?,27+/m1/s1. The molecule has 8 nitrogen and oxygen atoms in total.